The Bertz CT molecular complexity index is 1320. The van der Waals surface area contributed by atoms with Crippen LogP contribution >= 0.6 is 0 Å². The Labute approximate surface area is 202 Å². The van der Waals surface area contributed by atoms with E-state index in [1.165, 1.54) is 4.90 Å². The lowest BCUT2D eigenvalue weighted by Crippen LogP contribution is -2.34. The van der Waals surface area contributed by atoms with Crippen LogP contribution in [0.2, 0.25) is 0 Å². The molecule has 1 aromatic carbocycles. The fraction of sp³-hybridized carbons (Fsp3) is 0.360. The van der Waals surface area contributed by atoms with Crippen LogP contribution in [0.4, 0.5) is 16.4 Å². The number of carbonyl (C=O) groups is 2. The van der Waals surface area contributed by atoms with Crippen LogP contribution in [0.25, 0.3) is 10.9 Å². The van der Waals surface area contributed by atoms with E-state index in [9.17, 15) is 14.4 Å². The zero-order valence-corrected chi connectivity index (χ0v) is 19.5. The van der Waals surface area contributed by atoms with Crippen LogP contribution in [0.3, 0.4) is 0 Å². The van der Waals surface area contributed by atoms with Gasteiger partial charge in [-0.3, -0.25) is 19.4 Å². The third kappa shape index (κ3) is 4.97. The van der Waals surface area contributed by atoms with Gasteiger partial charge < -0.3 is 19.4 Å². The molecular formula is C25H27N5O5. The number of benzene rings is 1. The van der Waals surface area contributed by atoms with Gasteiger partial charge in [0.25, 0.3) is 11.5 Å². The number of rotatable bonds is 6. The summed E-state index contributed by atoms with van der Waals surface area (Å²) in [5.74, 6) is 0.821. The first-order chi connectivity index (χ1) is 17.0. The van der Waals surface area contributed by atoms with E-state index in [1.54, 1.807) is 25.2 Å². The van der Waals surface area contributed by atoms with E-state index in [1.807, 2.05) is 34.9 Å². The quantitative estimate of drug-likeness (QED) is 0.581. The number of nitrogens with zero attached hydrogens (tertiary/aromatic N) is 4. The largest absolute Gasteiger partial charge is 0.480 e. The maximum Gasteiger partial charge on any atom is 0.415 e. The number of ether oxygens (including phenoxy) is 2. The average Bonchev–Trinajstić information content (AvgIpc) is 3.31. The van der Waals surface area contributed by atoms with Crippen molar-refractivity contribution < 1.29 is 19.1 Å². The molecule has 5 rings (SSSR count). The van der Waals surface area contributed by atoms with E-state index in [0.717, 1.165) is 36.8 Å². The number of aryl methyl sites for hydroxylation is 1. The first-order valence-electron chi connectivity index (χ1n) is 11.7. The van der Waals surface area contributed by atoms with Gasteiger partial charge >= 0.3 is 6.09 Å². The minimum Gasteiger partial charge on any atom is -0.480 e. The molecule has 10 heteroatoms. The van der Waals surface area contributed by atoms with Crippen LogP contribution in [0.1, 0.15) is 12.8 Å². The summed E-state index contributed by atoms with van der Waals surface area (Å²) in [6.07, 6.45) is 0.844. The second kappa shape index (κ2) is 9.75. The Morgan fingerprint density at radius 1 is 1.17 bits per heavy atom. The molecule has 35 heavy (non-hydrogen) atoms. The normalized spacial score (nSPS) is 17.5. The van der Waals surface area contributed by atoms with Crippen molar-refractivity contribution >= 4 is 34.5 Å². The monoisotopic (exact) mass is 477 g/mol. The van der Waals surface area contributed by atoms with Crippen LogP contribution in [-0.4, -0.2) is 65.8 Å². The maximum absolute atomic E-state index is 12.7. The molecule has 0 radical (unpaired) electrons. The number of hydrogen-bond acceptors (Lipinski definition) is 7. The van der Waals surface area contributed by atoms with Gasteiger partial charge in [-0.25, -0.2) is 9.78 Å². The zero-order chi connectivity index (χ0) is 24.4. The fourth-order valence-electron chi connectivity index (χ4n) is 4.48. The summed E-state index contributed by atoms with van der Waals surface area (Å²) >= 11 is 0. The maximum atomic E-state index is 12.7. The van der Waals surface area contributed by atoms with Crippen LogP contribution < -0.4 is 20.5 Å². The van der Waals surface area contributed by atoms with Gasteiger partial charge in [0.2, 0.25) is 0 Å². The molecule has 0 saturated carbocycles. The molecule has 0 bridgehead atoms. The lowest BCUT2D eigenvalue weighted by Gasteiger charge is -2.22. The molecule has 2 amide bonds. The van der Waals surface area contributed by atoms with E-state index in [2.05, 4.69) is 15.2 Å². The van der Waals surface area contributed by atoms with Crippen molar-refractivity contribution in [2.75, 3.05) is 43.5 Å². The summed E-state index contributed by atoms with van der Waals surface area (Å²) in [7, 11) is 1.58. The molecule has 2 aliphatic heterocycles. The molecule has 0 aliphatic carbocycles. The predicted octanol–water partition coefficient (Wildman–Crippen LogP) is 2.46. The van der Waals surface area contributed by atoms with Gasteiger partial charge in [0, 0.05) is 32.7 Å². The van der Waals surface area contributed by atoms with Crippen molar-refractivity contribution in [1.29, 1.82) is 0 Å². The summed E-state index contributed by atoms with van der Waals surface area (Å²) in [4.78, 5) is 44.4. The third-order valence-electron chi connectivity index (χ3n) is 6.33. The van der Waals surface area contributed by atoms with Crippen LogP contribution in [0.5, 0.6) is 5.75 Å². The summed E-state index contributed by atoms with van der Waals surface area (Å²) in [5.41, 5.74) is 0.945. The molecule has 3 aromatic rings. The minimum atomic E-state index is -0.505. The fourth-order valence-corrected chi connectivity index (χ4v) is 4.48. The smallest absolute Gasteiger partial charge is 0.415 e. The van der Waals surface area contributed by atoms with E-state index >= 15 is 0 Å². The number of aromatic nitrogens is 2. The second-order valence-electron chi connectivity index (χ2n) is 8.74. The predicted molar refractivity (Wildman–Crippen MR) is 131 cm³/mol. The first kappa shape index (κ1) is 22.9. The first-order valence-corrected chi connectivity index (χ1v) is 11.7. The van der Waals surface area contributed by atoms with Gasteiger partial charge in [-0.2, -0.15) is 0 Å². The number of para-hydroxylation sites is 1. The van der Waals surface area contributed by atoms with Crippen molar-refractivity contribution in [3.8, 4) is 5.75 Å². The number of amides is 2. The van der Waals surface area contributed by atoms with Gasteiger partial charge in [0.05, 0.1) is 5.52 Å². The minimum absolute atomic E-state index is 0.00174. The third-order valence-corrected chi connectivity index (χ3v) is 6.33. The molecule has 2 aliphatic rings. The molecule has 182 valence electrons. The molecular weight excluding hydrogens is 450 g/mol. The summed E-state index contributed by atoms with van der Waals surface area (Å²) in [5, 5.41) is 3.68. The van der Waals surface area contributed by atoms with Crippen molar-refractivity contribution in [3.05, 3.63) is 58.9 Å². The van der Waals surface area contributed by atoms with E-state index in [0.29, 0.717) is 24.7 Å². The number of nitrogens with one attached hydrogen (secondary N) is 1. The number of anilines is 2. The number of pyridine rings is 2. The van der Waals surface area contributed by atoms with Crippen molar-refractivity contribution in [1.82, 2.24) is 14.5 Å². The summed E-state index contributed by atoms with van der Waals surface area (Å²) < 4.78 is 12.8. The highest BCUT2D eigenvalue weighted by atomic mass is 16.6. The zero-order valence-electron chi connectivity index (χ0n) is 19.5. The molecule has 4 heterocycles. The average molecular weight is 478 g/mol. The standard InChI is InChI=1S/C25H27N5O5/c1-28(21-9-8-20-24(26-21)27-22(31)16-34-20)25(33)35-18-11-14-29(15-18)12-4-13-30-19-6-3-2-5-17(19)7-10-23(30)32/h2-3,5-10,18H,4,11-16H2,1H3,(H,26,27,31)/t18-/m1/s1. The van der Waals surface area contributed by atoms with E-state index in [-0.39, 0.29) is 30.0 Å². The molecule has 1 saturated heterocycles. The van der Waals surface area contributed by atoms with Crippen molar-refractivity contribution in [2.45, 2.75) is 25.5 Å². The van der Waals surface area contributed by atoms with Gasteiger partial charge in [-0.15, -0.1) is 0 Å². The number of hydrogen-bond donors (Lipinski definition) is 1. The Morgan fingerprint density at radius 2 is 2.03 bits per heavy atom. The topological polar surface area (TPSA) is 106 Å². The molecule has 1 N–H and O–H groups in total. The number of carbonyl (C=O) groups excluding carboxylic acids is 2. The highest BCUT2D eigenvalue weighted by Gasteiger charge is 2.28. The van der Waals surface area contributed by atoms with Crippen molar-refractivity contribution in [3.63, 3.8) is 0 Å². The Hall–Kier alpha value is -3.92. The number of likely N-dealkylation sites (tertiary alicyclic amines) is 1. The SMILES string of the molecule is CN(C(=O)O[C@@H]1CCN(CCCn2c(=O)ccc3ccccc32)C1)c1ccc2c(n1)NC(=O)CO2. The van der Waals surface area contributed by atoms with E-state index < -0.39 is 6.09 Å². The Morgan fingerprint density at radius 3 is 2.91 bits per heavy atom. The van der Waals surface area contributed by atoms with Crippen LogP contribution in [0.15, 0.2) is 53.3 Å². The lowest BCUT2D eigenvalue weighted by molar-refractivity contribution is -0.118. The highest BCUT2D eigenvalue weighted by molar-refractivity contribution is 5.95. The lowest BCUT2D eigenvalue weighted by atomic mass is 10.2. The van der Waals surface area contributed by atoms with Crippen LogP contribution in [0, 0.1) is 0 Å². The van der Waals surface area contributed by atoms with Gasteiger partial charge in [-0.1, -0.05) is 18.2 Å². The highest BCUT2D eigenvalue weighted by Crippen LogP contribution is 2.28. The van der Waals surface area contributed by atoms with Gasteiger partial charge in [0.15, 0.2) is 18.2 Å². The molecule has 0 unspecified atom stereocenters. The summed E-state index contributed by atoms with van der Waals surface area (Å²) in [6.45, 7) is 2.86. The molecule has 2 aromatic heterocycles. The molecule has 10 nitrogen and oxygen atoms in total. The molecule has 1 atom stereocenters. The Balaban J connectivity index is 1.13. The molecule has 0 spiro atoms. The van der Waals surface area contributed by atoms with Crippen molar-refractivity contribution in [2.24, 2.45) is 0 Å². The van der Waals surface area contributed by atoms with Gasteiger partial charge in [0.1, 0.15) is 11.9 Å². The van der Waals surface area contributed by atoms with E-state index in [4.69, 9.17) is 9.47 Å². The number of fused-ring (bicyclic) bond motifs is 2. The Kier molecular flexibility index (Phi) is 6.37. The molecule has 1 fully saturated rings. The summed E-state index contributed by atoms with van der Waals surface area (Å²) in [6, 6.07) is 14.7. The van der Waals surface area contributed by atoms with Gasteiger partial charge in [-0.05, 0) is 49.0 Å². The van der Waals surface area contributed by atoms with Crippen LogP contribution in [-0.2, 0) is 16.1 Å². The second-order valence-corrected chi connectivity index (χ2v) is 8.74.